The Morgan fingerprint density at radius 3 is 0.899 bits per heavy atom. The van der Waals surface area contributed by atoms with Crippen LogP contribution in [0.5, 0.6) is 0 Å². The van der Waals surface area contributed by atoms with E-state index in [9.17, 15) is 0 Å². The molecular weight excluding hydrogens is 1030 g/mol. The highest BCUT2D eigenvalue weighted by atomic mass is 14.6. The molecule has 2 aliphatic rings. The third-order valence-corrected chi connectivity index (χ3v) is 26.3. The molecule has 0 radical (unpaired) electrons. The fraction of sp³-hybridized carbons (Fsp3) is 0.0357. The van der Waals surface area contributed by atoms with Gasteiger partial charge in [0.15, 0.2) is 0 Å². The zero-order chi connectivity index (χ0) is 65.9. The fourth-order valence-corrected chi connectivity index (χ4v) is 18.8. The lowest BCUT2D eigenvalue weighted by molar-refractivity contribution is 0.695. The van der Waals surface area contributed by atoms with Crippen LogP contribution in [0, 0.1) is 12.3 Å². The van der Waals surface area contributed by atoms with Gasteiger partial charge >= 0.3 is 0 Å². The van der Waals surface area contributed by atoms with E-state index in [4.69, 9.17) is 6.42 Å². The number of allylic oxidation sites excluding steroid dienone is 4. The second-order valence-electron chi connectivity index (χ2n) is 29.1. The van der Waals surface area contributed by atoms with Gasteiger partial charge in [-0.15, -0.1) is 66.5 Å². The van der Waals surface area contributed by atoms with Gasteiger partial charge in [-0.1, -0.05) is 121 Å². The van der Waals surface area contributed by atoms with Crippen LogP contribution in [0.1, 0.15) is 28.7 Å². The smallest absolute Gasteiger partial charge is 0.116 e. The van der Waals surface area contributed by atoms with Crippen molar-refractivity contribution in [2.24, 2.45) is 0 Å². The van der Waals surface area contributed by atoms with Gasteiger partial charge in [-0.3, -0.25) is 0 Å². The van der Waals surface area contributed by atoms with Crippen molar-refractivity contribution < 1.29 is 0 Å². The van der Waals surface area contributed by atoms with E-state index < -0.39 is 5.41 Å². The number of hydrogen-bond donors (Lipinski definition) is 0. The molecule has 0 fully saturated rings. The molecule has 0 aliphatic heterocycles. The maximum Gasteiger partial charge on any atom is 0.149 e. The zero-order valence-electron chi connectivity index (χ0n) is 61.3. The molecular formula is C56H69B33. The number of rotatable bonds is 4. The second kappa shape index (κ2) is 22.0. The van der Waals surface area contributed by atoms with Gasteiger partial charge in [0.05, 0.1) is 0 Å². The Morgan fingerprint density at radius 2 is 0.472 bits per heavy atom. The monoisotopic (exact) mass is 1100 g/mol. The Morgan fingerprint density at radius 1 is 0.236 bits per heavy atom. The van der Waals surface area contributed by atoms with Gasteiger partial charge in [0.2, 0.25) is 0 Å². The van der Waals surface area contributed by atoms with Gasteiger partial charge in [0.25, 0.3) is 0 Å². The molecule has 1 atom stereocenters. The van der Waals surface area contributed by atoms with Crippen molar-refractivity contribution in [1.82, 2.24) is 0 Å². The average molecular weight is 1100 g/mol. The van der Waals surface area contributed by atoms with Crippen LogP contribution in [0.2, 0.25) is 0 Å². The summed E-state index contributed by atoms with van der Waals surface area (Å²) in [6.07, 6.45) is 7.19. The summed E-state index contributed by atoms with van der Waals surface area (Å²) in [5.74, 6) is 3.08. The number of terminal acetylenes is 1. The summed E-state index contributed by atoms with van der Waals surface area (Å²) < 4.78 is 0. The maximum absolute atomic E-state index is 6.34. The Labute approximate surface area is 563 Å². The second-order valence-corrected chi connectivity index (χ2v) is 29.1. The van der Waals surface area contributed by atoms with Crippen LogP contribution in [-0.4, -0.2) is 259 Å². The Hall–Kier alpha value is -5.06. The van der Waals surface area contributed by atoms with Crippen LogP contribution in [0.25, 0.3) is 82.4 Å². The number of fused-ring (bicyclic) bond motifs is 13. The molecule has 0 saturated heterocycles. The third kappa shape index (κ3) is 8.30. The van der Waals surface area contributed by atoms with E-state index in [0.29, 0.717) is 0 Å². The van der Waals surface area contributed by atoms with Gasteiger partial charge in [0.1, 0.15) is 259 Å². The minimum absolute atomic E-state index is 0.518. The molecule has 11 rings (SSSR count). The summed E-state index contributed by atoms with van der Waals surface area (Å²) in [6, 6.07) is 0. The molecule has 0 saturated carbocycles. The molecule has 9 aromatic carbocycles. The molecule has 33 heteroatoms. The zero-order valence-corrected chi connectivity index (χ0v) is 61.3. The van der Waals surface area contributed by atoms with Crippen molar-refractivity contribution in [2.45, 2.75) is 11.8 Å². The molecule has 0 amide bonds. The standard InChI is InChI=1S/C56H69B33/c1-2-5(57)25(59)24(58)4-3-56(21-6(4)29(63)47(81)54(88)43(21)77)22-7(15-23(56)28(62)19(38(72)36(15)70)20-41(75)52(86)55(89)53(87)42(20)76)8(31(65)46(80)44(22)78)16-27(61)18(40(74)45(79)39(16)73)17-26(60)9-10(30(64)37(17)71)12-14(35(69)51(85)49(83)33(12)67)13-11(9)32(66)48(82)50(84)34(13)68/h1H,3,57-89H2/b24-4-,25-5-. The van der Waals surface area contributed by atoms with Crippen molar-refractivity contribution in [3.63, 3.8) is 0 Å². The van der Waals surface area contributed by atoms with E-state index in [-0.39, 0.29) is 0 Å². The largest absolute Gasteiger partial charge is 0.149 e. The van der Waals surface area contributed by atoms with Crippen LogP contribution in [0.4, 0.5) is 0 Å². The van der Waals surface area contributed by atoms with Crippen molar-refractivity contribution in [3.8, 4) is 56.9 Å². The van der Waals surface area contributed by atoms with E-state index in [1.807, 2.05) is 0 Å². The van der Waals surface area contributed by atoms with E-state index in [1.165, 1.54) is 279 Å². The first kappa shape index (κ1) is 65.4. The van der Waals surface area contributed by atoms with Gasteiger partial charge in [-0.2, -0.15) is 0 Å². The minimum atomic E-state index is -0.518. The number of benzene rings is 9. The lowest BCUT2D eigenvalue weighted by atomic mass is 9.54. The molecule has 0 heterocycles. The van der Waals surface area contributed by atoms with Crippen LogP contribution >= 0.6 is 0 Å². The molecule has 0 nitrogen and oxygen atoms in total. The highest BCUT2D eigenvalue weighted by Gasteiger charge is 2.55. The van der Waals surface area contributed by atoms with Crippen molar-refractivity contribution in [3.05, 3.63) is 38.7 Å². The molecule has 0 bridgehead atoms. The molecule has 0 aromatic heterocycles. The topological polar surface area (TPSA) is 0 Å². The highest BCUT2D eigenvalue weighted by Crippen LogP contribution is 2.60. The van der Waals surface area contributed by atoms with Crippen molar-refractivity contribution in [2.75, 3.05) is 0 Å². The molecule has 1 unspecified atom stereocenters. The Bertz CT molecular complexity index is 5010. The fourth-order valence-electron chi connectivity index (χ4n) is 18.8. The summed E-state index contributed by atoms with van der Waals surface area (Å²) in [6.45, 7) is 0. The Kier molecular flexibility index (Phi) is 16.2. The summed E-state index contributed by atoms with van der Waals surface area (Å²) in [5, 5.41) is 8.62. The predicted molar refractivity (Wildman–Crippen MR) is 505 cm³/mol. The third-order valence-electron chi connectivity index (χ3n) is 26.3. The van der Waals surface area contributed by atoms with Crippen LogP contribution < -0.4 is 164 Å². The number of hydrogen-bond acceptors (Lipinski definition) is 0. The van der Waals surface area contributed by atoms with Crippen LogP contribution in [0.3, 0.4) is 0 Å². The normalized spacial score (nSPS) is 15.0. The van der Waals surface area contributed by atoms with Crippen LogP contribution in [0.15, 0.2) is 16.4 Å². The summed E-state index contributed by atoms with van der Waals surface area (Å²) in [4.78, 5) is 0. The van der Waals surface area contributed by atoms with E-state index in [1.54, 1.807) is 0 Å². The molecule has 2 aliphatic carbocycles. The van der Waals surface area contributed by atoms with Gasteiger partial charge in [0, 0.05) is 5.41 Å². The van der Waals surface area contributed by atoms with Gasteiger partial charge in [-0.05, 0) is 117 Å². The molecule has 1 spiro atoms. The predicted octanol–water partition coefficient (Wildman–Crippen LogP) is -40.9. The summed E-state index contributed by atoms with van der Waals surface area (Å²) in [5.41, 5.74) is 63.6. The molecule has 392 valence electrons. The SMILES string of the molecule is B/C(C#C)=C(B)/C(B)=C1\CC2(c3c(B)c(B)c(B)c(B)c31)c1c(B)c(-c3c(B)c(B)c(B)c(B)c3B)c(B)c(B)c1-c1c(-c3c(B)c(B)c(B)c(-c4c(B)c(B)c5c6c(B)c(B)c(B)c(B)c6c6c(B)c(B)c(B)c(B)c6c5c4B)c3B)c(B)c(B)c(B)c12. The summed E-state index contributed by atoms with van der Waals surface area (Å²) in [7, 11) is 79.4. The first-order valence-corrected chi connectivity index (χ1v) is 33.2. The van der Waals surface area contributed by atoms with Crippen molar-refractivity contribution >= 4 is 461 Å². The van der Waals surface area contributed by atoms with Gasteiger partial charge < -0.3 is 0 Å². The lowest BCUT2D eigenvalue weighted by Crippen LogP contribution is -2.56. The van der Waals surface area contributed by atoms with E-state index in [2.05, 4.69) is 265 Å². The van der Waals surface area contributed by atoms with Crippen LogP contribution in [-0.2, 0) is 5.41 Å². The van der Waals surface area contributed by atoms with Gasteiger partial charge in [-0.25, -0.2) is 0 Å². The van der Waals surface area contributed by atoms with Crippen molar-refractivity contribution in [1.29, 1.82) is 0 Å². The first-order chi connectivity index (χ1) is 41.5. The molecule has 89 heavy (non-hydrogen) atoms. The van der Waals surface area contributed by atoms with E-state index in [0.717, 1.165) is 11.9 Å². The quantitative estimate of drug-likeness (QED) is 0.0936. The molecule has 9 aromatic rings. The molecule has 0 N–H and O–H groups in total. The first-order valence-electron chi connectivity index (χ1n) is 33.2. The highest BCUT2D eigenvalue weighted by molar-refractivity contribution is 6.78. The van der Waals surface area contributed by atoms with E-state index >= 15 is 0 Å². The lowest BCUT2D eigenvalue weighted by Gasteiger charge is -2.37. The Balaban J connectivity index is 1.39. The average Bonchev–Trinajstić information content (AvgIpc) is 1.55. The summed E-state index contributed by atoms with van der Waals surface area (Å²) >= 11 is 0. The maximum atomic E-state index is 6.34. The minimum Gasteiger partial charge on any atom is -0.116 e.